The van der Waals surface area contributed by atoms with Crippen molar-refractivity contribution in [2.24, 2.45) is 0 Å². The first-order valence-corrected chi connectivity index (χ1v) is 12.3. The van der Waals surface area contributed by atoms with Crippen molar-refractivity contribution in [1.29, 1.82) is 0 Å². The SMILES string of the molecule is COc1cc(OC)cc(C(=O)N2CCc3nc(Cc4cccc(C)c4)nc(N4CCOCC4)c3C2)c1. The smallest absolute Gasteiger partial charge is 0.254 e. The van der Waals surface area contributed by atoms with E-state index >= 15 is 0 Å². The molecule has 0 atom stereocenters. The lowest BCUT2D eigenvalue weighted by molar-refractivity contribution is 0.0732. The average molecular weight is 489 g/mol. The highest BCUT2D eigenvalue weighted by atomic mass is 16.5. The van der Waals surface area contributed by atoms with Gasteiger partial charge in [-0.1, -0.05) is 29.8 Å². The molecule has 0 unspecified atom stereocenters. The molecule has 0 N–H and O–H groups in total. The number of carbonyl (C=O) groups is 1. The van der Waals surface area contributed by atoms with Gasteiger partial charge in [0.15, 0.2) is 0 Å². The molecule has 2 aliphatic rings. The van der Waals surface area contributed by atoms with Crippen LogP contribution in [-0.2, 0) is 24.1 Å². The minimum absolute atomic E-state index is 0.0605. The maximum atomic E-state index is 13.5. The van der Waals surface area contributed by atoms with Crippen molar-refractivity contribution in [3.05, 3.63) is 76.2 Å². The number of benzene rings is 2. The lowest BCUT2D eigenvalue weighted by Crippen LogP contribution is -2.41. The third kappa shape index (κ3) is 5.14. The van der Waals surface area contributed by atoms with E-state index in [1.807, 2.05) is 4.90 Å². The molecular weight excluding hydrogens is 456 g/mol. The Bertz CT molecular complexity index is 1230. The number of aryl methyl sites for hydroxylation is 1. The normalized spacial score (nSPS) is 15.4. The van der Waals surface area contributed by atoms with Gasteiger partial charge in [0.2, 0.25) is 0 Å². The van der Waals surface area contributed by atoms with E-state index in [9.17, 15) is 4.79 Å². The van der Waals surface area contributed by atoms with Gasteiger partial charge in [0, 0.05) is 49.7 Å². The molecule has 0 aliphatic carbocycles. The molecule has 1 saturated heterocycles. The molecular formula is C28H32N4O4. The number of aromatic nitrogens is 2. The van der Waals surface area contributed by atoms with Crippen LogP contribution >= 0.6 is 0 Å². The van der Waals surface area contributed by atoms with Crippen molar-refractivity contribution in [2.45, 2.75) is 26.3 Å². The third-order valence-electron chi connectivity index (χ3n) is 6.73. The van der Waals surface area contributed by atoms with Crippen LogP contribution in [0.2, 0.25) is 0 Å². The Morgan fingerprint density at radius 1 is 1.00 bits per heavy atom. The molecule has 8 nitrogen and oxygen atoms in total. The summed E-state index contributed by atoms with van der Waals surface area (Å²) in [5, 5.41) is 0. The van der Waals surface area contributed by atoms with E-state index in [1.165, 1.54) is 11.1 Å². The molecule has 1 aromatic heterocycles. The molecule has 3 aromatic rings. The second-order valence-corrected chi connectivity index (χ2v) is 9.23. The van der Waals surface area contributed by atoms with Crippen molar-refractivity contribution < 1.29 is 19.0 Å². The Morgan fingerprint density at radius 2 is 1.75 bits per heavy atom. The number of morpholine rings is 1. The minimum Gasteiger partial charge on any atom is -0.497 e. The van der Waals surface area contributed by atoms with Crippen LogP contribution in [0.5, 0.6) is 11.5 Å². The number of hydrogen-bond acceptors (Lipinski definition) is 7. The zero-order valence-corrected chi connectivity index (χ0v) is 21.1. The number of hydrogen-bond donors (Lipinski definition) is 0. The lowest BCUT2D eigenvalue weighted by atomic mass is 10.0. The predicted molar refractivity (Wildman–Crippen MR) is 137 cm³/mol. The molecule has 8 heteroatoms. The summed E-state index contributed by atoms with van der Waals surface area (Å²) in [6.45, 7) is 6.03. The van der Waals surface area contributed by atoms with Gasteiger partial charge in [-0.15, -0.1) is 0 Å². The number of methoxy groups -OCH3 is 2. The highest BCUT2D eigenvalue weighted by Gasteiger charge is 2.29. The number of rotatable bonds is 6. The summed E-state index contributed by atoms with van der Waals surface area (Å²) < 4.78 is 16.3. The van der Waals surface area contributed by atoms with Gasteiger partial charge in [0.25, 0.3) is 5.91 Å². The van der Waals surface area contributed by atoms with Gasteiger partial charge in [-0.05, 0) is 24.6 Å². The molecule has 36 heavy (non-hydrogen) atoms. The maximum absolute atomic E-state index is 13.5. The Balaban J connectivity index is 1.46. The van der Waals surface area contributed by atoms with Gasteiger partial charge in [-0.2, -0.15) is 0 Å². The predicted octanol–water partition coefficient (Wildman–Crippen LogP) is 3.43. The zero-order chi connectivity index (χ0) is 25.1. The molecule has 1 fully saturated rings. The van der Waals surface area contributed by atoms with Crippen molar-refractivity contribution in [3.8, 4) is 11.5 Å². The zero-order valence-electron chi connectivity index (χ0n) is 21.1. The Hall–Kier alpha value is -3.65. The molecule has 2 aliphatic heterocycles. The summed E-state index contributed by atoms with van der Waals surface area (Å²) in [4.78, 5) is 27.7. The van der Waals surface area contributed by atoms with E-state index in [1.54, 1.807) is 32.4 Å². The second kappa shape index (κ2) is 10.5. The molecule has 188 valence electrons. The van der Waals surface area contributed by atoms with Gasteiger partial charge >= 0.3 is 0 Å². The van der Waals surface area contributed by atoms with Crippen molar-refractivity contribution in [2.75, 3.05) is 52.0 Å². The van der Waals surface area contributed by atoms with Crippen LogP contribution in [-0.4, -0.2) is 67.8 Å². The second-order valence-electron chi connectivity index (χ2n) is 9.23. The molecule has 5 rings (SSSR count). The molecule has 3 heterocycles. The van der Waals surface area contributed by atoms with E-state index in [-0.39, 0.29) is 5.91 Å². The number of fused-ring (bicyclic) bond motifs is 1. The summed E-state index contributed by atoms with van der Waals surface area (Å²) in [7, 11) is 3.17. The third-order valence-corrected chi connectivity index (χ3v) is 6.73. The van der Waals surface area contributed by atoms with E-state index in [0.29, 0.717) is 56.2 Å². The standard InChI is InChI=1S/C28H32N4O4/c1-19-5-4-6-20(13-19)14-26-29-25-7-8-32(18-24(25)27(30-26)31-9-11-36-12-10-31)28(33)21-15-22(34-2)17-23(16-21)35-3/h4-6,13,15-17H,7-12,14,18H2,1-3H3. The lowest BCUT2D eigenvalue weighted by Gasteiger charge is -2.34. The van der Waals surface area contributed by atoms with E-state index in [4.69, 9.17) is 24.2 Å². The van der Waals surface area contributed by atoms with Crippen molar-refractivity contribution in [1.82, 2.24) is 14.9 Å². The molecule has 0 spiro atoms. The van der Waals surface area contributed by atoms with Gasteiger partial charge in [0.1, 0.15) is 23.1 Å². The molecule has 0 radical (unpaired) electrons. The number of ether oxygens (including phenoxy) is 3. The first kappa shape index (κ1) is 24.1. The Labute approximate surface area is 211 Å². The monoisotopic (exact) mass is 488 g/mol. The minimum atomic E-state index is -0.0605. The first-order valence-electron chi connectivity index (χ1n) is 12.3. The van der Waals surface area contributed by atoms with Crippen LogP contribution in [0.1, 0.15) is 38.6 Å². The Morgan fingerprint density at radius 3 is 2.44 bits per heavy atom. The fraction of sp³-hybridized carbons (Fsp3) is 0.393. The fourth-order valence-corrected chi connectivity index (χ4v) is 4.85. The van der Waals surface area contributed by atoms with Crippen LogP contribution in [0.3, 0.4) is 0 Å². The summed E-state index contributed by atoms with van der Waals surface area (Å²) in [6.07, 6.45) is 1.36. The number of anilines is 1. The van der Waals surface area contributed by atoms with Gasteiger partial charge < -0.3 is 24.0 Å². The van der Waals surface area contributed by atoms with E-state index < -0.39 is 0 Å². The quantitative estimate of drug-likeness (QED) is 0.526. The molecule has 0 bridgehead atoms. The van der Waals surface area contributed by atoms with Crippen LogP contribution in [0.25, 0.3) is 0 Å². The van der Waals surface area contributed by atoms with Crippen molar-refractivity contribution in [3.63, 3.8) is 0 Å². The van der Waals surface area contributed by atoms with Gasteiger partial charge in [0.05, 0.1) is 39.7 Å². The van der Waals surface area contributed by atoms with E-state index in [0.717, 1.165) is 36.0 Å². The first-order chi connectivity index (χ1) is 17.5. The number of nitrogens with zero attached hydrogens (tertiary/aromatic N) is 4. The van der Waals surface area contributed by atoms with Gasteiger partial charge in [-0.3, -0.25) is 4.79 Å². The topological polar surface area (TPSA) is 77.0 Å². The average Bonchev–Trinajstić information content (AvgIpc) is 2.92. The molecule has 1 amide bonds. The summed E-state index contributed by atoms with van der Waals surface area (Å²) in [5.41, 5.74) is 5.02. The van der Waals surface area contributed by atoms with Crippen LogP contribution in [0, 0.1) is 6.92 Å². The largest absolute Gasteiger partial charge is 0.497 e. The summed E-state index contributed by atoms with van der Waals surface area (Å²) in [6, 6.07) is 13.7. The Kier molecular flexibility index (Phi) is 7.04. The fourth-order valence-electron chi connectivity index (χ4n) is 4.85. The molecule has 2 aromatic carbocycles. The number of amides is 1. The van der Waals surface area contributed by atoms with Crippen LogP contribution in [0.15, 0.2) is 42.5 Å². The van der Waals surface area contributed by atoms with E-state index in [2.05, 4.69) is 36.1 Å². The maximum Gasteiger partial charge on any atom is 0.254 e. The van der Waals surface area contributed by atoms with Gasteiger partial charge in [-0.25, -0.2) is 9.97 Å². The highest BCUT2D eigenvalue weighted by molar-refractivity contribution is 5.95. The highest BCUT2D eigenvalue weighted by Crippen LogP contribution is 2.30. The summed E-state index contributed by atoms with van der Waals surface area (Å²) in [5.74, 6) is 2.86. The number of carbonyl (C=O) groups excluding carboxylic acids is 1. The van der Waals surface area contributed by atoms with Crippen LogP contribution < -0.4 is 14.4 Å². The van der Waals surface area contributed by atoms with Crippen molar-refractivity contribution >= 4 is 11.7 Å². The summed E-state index contributed by atoms with van der Waals surface area (Å²) >= 11 is 0. The van der Waals surface area contributed by atoms with Crippen LogP contribution in [0.4, 0.5) is 5.82 Å². The molecule has 0 saturated carbocycles.